The molecule has 0 saturated carbocycles. The Morgan fingerprint density at radius 2 is 1.32 bits per heavy atom. The van der Waals surface area contributed by atoms with Gasteiger partial charge in [-0.1, -0.05) is 12.1 Å². The minimum Gasteiger partial charge on any atom is -0.480 e. The number of nitro groups is 1. The molecule has 34 heavy (non-hydrogen) atoms. The summed E-state index contributed by atoms with van der Waals surface area (Å²) in [7, 11) is 0. The van der Waals surface area contributed by atoms with Crippen molar-refractivity contribution in [1.29, 1.82) is 0 Å². The molecule has 1 unspecified atom stereocenters. The highest BCUT2D eigenvalue weighted by Crippen LogP contribution is 2.14. The van der Waals surface area contributed by atoms with Crippen molar-refractivity contribution in [3.8, 4) is 0 Å². The molecule has 0 spiro atoms. The van der Waals surface area contributed by atoms with Gasteiger partial charge in [0.25, 0.3) is 5.69 Å². The number of non-ortho nitro benzene ring substituents is 1. The van der Waals surface area contributed by atoms with E-state index in [-0.39, 0.29) is 31.4 Å². The molecule has 0 aliphatic carbocycles. The average Bonchev–Trinajstić information content (AvgIpc) is 2.84. The standard InChI is InChI=1S/C21H31N5O8/c27-19(28)12-22-17(11-16-1-3-18(4-2-16)26(33)34)13-23-5-7-24(14-20(29)30)9-10-25(8-6-23)15-21(31)32/h1-4,17,22H,5-15H2,(H,27,28)(H,29,30)(H,31,32). The molecule has 1 aromatic carbocycles. The van der Waals surface area contributed by atoms with Crippen LogP contribution in [0.15, 0.2) is 24.3 Å². The predicted molar refractivity (Wildman–Crippen MR) is 121 cm³/mol. The summed E-state index contributed by atoms with van der Waals surface area (Å²) in [6.45, 7) is 2.71. The van der Waals surface area contributed by atoms with E-state index >= 15 is 0 Å². The van der Waals surface area contributed by atoms with Crippen molar-refractivity contribution in [3.05, 3.63) is 39.9 Å². The Balaban J connectivity index is 2.12. The second-order valence-corrected chi connectivity index (χ2v) is 8.24. The lowest BCUT2D eigenvalue weighted by Gasteiger charge is -2.29. The molecule has 1 aliphatic rings. The summed E-state index contributed by atoms with van der Waals surface area (Å²) in [5.41, 5.74) is 0.772. The lowest BCUT2D eigenvalue weighted by Crippen LogP contribution is -2.47. The molecule has 1 aliphatic heterocycles. The van der Waals surface area contributed by atoms with Gasteiger partial charge in [0, 0.05) is 64.0 Å². The molecule has 1 heterocycles. The number of benzene rings is 1. The fourth-order valence-electron chi connectivity index (χ4n) is 3.85. The van der Waals surface area contributed by atoms with Crippen LogP contribution in [-0.2, 0) is 20.8 Å². The molecule has 1 aromatic rings. The first kappa shape index (κ1) is 27.1. The molecule has 0 bridgehead atoms. The van der Waals surface area contributed by atoms with Crippen molar-refractivity contribution in [2.24, 2.45) is 0 Å². The van der Waals surface area contributed by atoms with Crippen LogP contribution in [0.3, 0.4) is 0 Å². The highest BCUT2D eigenvalue weighted by Gasteiger charge is 2.22. The van der Waals surface area contributed by atoms with E-state index in [9.17, 15) is 34.7 Å². The molecule has 0 aromatic heterocycles. The van der Waals surface area contributed by atoms with E-state index in [1.165, 1.54) is 12.1 Å². The van der Waals surface area contributed by atoms with Crippen LogP contribution in [0, 0.1) is 10.1 Å². The highest BCUT2D eigenvalue weighted by molar-refractivity contribution is 5.69. The van der Waals surface area contributed by atoms with Crippen LogP contribution in [0.5, 0.6) is 0 Å². The third kappa shape index (κ3) is 10.2. The van der Waals surface area contributed by atoms with E-state index in [0.717, 1.165) is 5.56 Å². The minimum atomic E-state index is -1.02. The number of rotatable bonds is 12. The summed E-state index contributed by atoms with van der Waals surface area (Å²) < 4.78 is 0. The van der Waals surface area contributed by atoms with E-state index in [1.54, 1.807) is 21.9 Å². The number of nitrogens with one attached hydrogen (secondary N) is 1. The summed E-state index contributed by atoms with van der Waals surface area (Å²) in [6, 6.07) is 5.78. The fraction of sp³-hybridized carbons (Fsp3) is 0.571. The molecule has 13 nitrogen and oxygen atoms in total. The van der Waals surface area contributed by atoms with E-state index in [2.05, 4.69) is 10.2 Å². The number of carboxylic acid groups (broad SMARTS) is 3. The van der Waals surface area contributed by atoms with Crippen LogP contribution in [0.25, 0.3) is 0 Å². The van der Waals surface area contributed by atoms with Gasteiger partial charge in [-0.25, -0.2) is 0 Å². The number of nitro benzene ring substituents is 1. The first-order chi connectivity index (χ1) is 16.1. The lowest BCUT2D eigenvalue weighted by atomic mass is 10.0. The van der Waals surface area contributed by atoms with Crippen molar-refractivity contribution in [2.75, 3.05) is 65.4 Å². The van der Waals surface area contributed by atoms with Crippen LogP contribution >= 0.6 is 0 Å². The molecule has 1 fully saturated rings. The molecular formula is C21H31N5O8. The first-order valence-corrected chi connectivity index (χ1v) is 10.9. The van der Waals surface area contributed by atoms with Crippen molar-refractivity contribution >= 4 is 23.6 Å². The Hall–Kier alpha value is -3.13. The smallest absolute Gasteiger partial charge is 0.317 e. The molecule has 188 valence electrons. The zero-order valence-electron chi connectivity index (χ0n) is 18.8. The average molecular weight is 482 g/mol. The SMILES string of the molecule is O=C(O)CNC(Cc1ccc([N+](=O)[O-])cc1)CN1CCN(CC(=O)O)CCN(CC(=O)O)CC1. The monoisotopic (exact) mass is 481 g/mol. The zero-order valence-corrected chi connectivity index (χ0v) is 18.8. The van der Waals surface area contributed by atoms with Gasteiger partial charge in [-0.3, -0.25) is 39.2 Å². The third-order valence-corrected chi connectivity index (χ3v) is 5.56. The quantitative estimate of drug-likeness (QED) is 0.218. The molecule has 1 atom stereocenters. The number of hydrogen-bond donors (Lipinski definition) is 4. The Kier molecular flexibility index (Phi) is 10.8. The maximum Gasteiger partial charge on any atom is 0.317 e. The number of aliphatic carboxylic acids is 3. The topological polar surface area (TPSA) is 177 Å². The van der Waals surface area contributed by atoms with Crippen LogP contribution in [0.4, 0.5) is 5.69 Å². The molecular weight excluding hydrogens is 450 g/mol. The fourth-order valence-corrected chi connectivity index (χ4v) is 3.85. The first-order valence-electron chi connectivity index (χ1n) is 10.9. The maximum atomic E-state index is 11.2. The van der Waals surface area contributed by atoms with Gasteiger partial charge in [0.15, 0.2) is 0 Å². The summed E-state index contributed by atoms with van der Waals surface area (Å²) in [5, 5.41) is 41.4. The Labute approximate surface area is 196 Å². The van der Waals surface area contributed by atoms with E-state index in [0.29, 0.717) is 52.2 Å². The molecule has 2 rings (SSSR count). The van der Waals surface area contributed by atoms with Crippen LogP contribution in [-0.4, -0.2) is 124 Å². The van der Waals surface area contributed by atoms with Crippen LogP contribution < -0.4 is 5.32 Å². The van der Waals surface area contributed by atoms with Gasteiger partial charge in [-0.2, -0.15) is 0 Å². The van der Waals surface area contributed by atoms with Crippen LogP contribution in [0.2, 0.25) is 0 Å². The van der Waals surface area contributed by atoms with Gasteiger partial charge in [0.1, 0.15) is 0 Å². The van der Waals surface area contributed by atoms with Crippen molar-refractivity contribution in [3.63, 3.8) is 0 Å². The van der Waals surface area contributed by atoms with Crippen LogP contribution in [0.1, 0.15) is 5.56 Å². The predicted octanol–water partition coefficient (Wildman–Crippen LogP) is -0.731. The minimum absolute atomic E-state index is 0.0316. The Morgan fingerprint density at radius 1 is 0.853 bits per heavy atom. The summed E-state index contributed by atoms with van der Waals surface area (Å²) in [6.07, 6.45) is 0.430. The van der Waals surface area contributed by atoms with Gasteiger partial charge < -0.3 is 20.6 Å². The number of hydrogen-bond acceptors (Lipinski definition) is 9. The zero-order chi connectivity index (χ0) is 25.1. The third-order valence-electron chi connectivity index (χ3n) is 5.56. The van der Waals surface area contributed by atoms with Gasteiger partial charge >= 0.3 is 17.9 Å². The van der Waals surface area contributed by atoms with Gasteiger partial charge in [-0.05, 0) is 12.0 Å². The lowest BCUT2D eigenvalue weighted by molar-refractivity contribution is -0.384. The highest BCUT2D eigenvalue weighted by atomic mass is 16.6. The number of nitrogens with zero attached hydrogens (tertiary/aromatic N) is 4. The van der Waals surface area contributed by atoms with Crippen molar-refractivity contribution < 1.29 is 34.6 Å². The maximum absolute atomic E-state index is 11.2. The normalized spacial score (nSPS) is 17.3. The number of carboxylic acids is 3. The second kappa shape index (κ2) is 13.5. The van der Waals surface area contributed by atoms with Gasteiger partial charge in [-0.15, -0.1) is 0 Å². The molecule has 0 amide bonds. The Bertz CT molecular complexity index is 822. The number of carbonyl (C=O) groups is 3. The largest absolute Gasteiger partial charge is 0.480 e. The van der Waals surface area contributed by atoms with E-state index < -0.39 is 22.8 Å². The summed E-state index contributed by atoms with van der Waals surface area (Å²) in [5.74, 6) is -2.94. The molecule has 4 N–H and O–H groups in total. The van der Waals surface area contributed by atoms with E-state index in [4.69, 9.17) is 5.11 Å². The summed E-state index contributed by atoms with van der Waals surface area (Å²) >= 11 is 0. The van der Waals surface area contributed by atoms with E-state index in [1.807, 2.05) is 0 Å². The van der Waals surface area contributed by atoms with Gasteiger partial charge in [0.2, 0.25) is 0 Å². The van der Waals surface area contributed by atoms with Gasteiger partial charge in [0.05, 0.1) is 24.6 Å². The molecule has 1 saturated heterocycles. The van der Waals surface area contributed by atoms with Crippen molar-refractivity contribution in [2.45, 2.75) is 12.5 Å². The summed E-state index contributed by atoms with van der Waals surface area (Å²) in [4.78, 5) is 49.5. The second-order valence-electron chi connectivity index (χ2n) is 8.24. The molecule has 13 heteroatoms. The molecule has 0 radical (unpaired) electrons. The van der Waals surface area contributed by atoms with Crippen molar-refractivity contribution in [1.82, 2.24) is 20.0 Å². The Morgan fingerprint density at radius 3 is 1.74 bits per heavy atom.